The van der Waals surface area contributed by atoms with Gasteiger partial charge in [0.05, 0.1) is 11.8 Å². The lowest BCUT2D eigenvalue weighted by Gasteiger charge is -2.13. The van der Waals surface area contributed by atoms with Crippen molar-refractivity contribution in [2.45, 2.75) is 20.0 Å². The number of amides is 1. The lowest BCUT2D eigenvalue weighted by Crippen LogP contribution is -2.33. The van der Waals surface area contributed by atoms with Gasteiger partial charge in [-0.15, -0.1) is 0 Å². The maximum atomic E-state index is 12.6. The van der Waals surface area contributed by atoms with Gasteiger partial charge >= 0.3 is 5.97 Å². The molecule has 1 atom stereocenters. The van der Waals surface area contributed by atoms with Crippen LogP contribution in [0.1, 0.15) is 28.4 Å². The summed E-state index contributed by atoms with van der Waals surface area (Å²) in [5, 5.41) is 6.15. The molecule has 7 heteroatoms. The molecule has 0 aliphatic rings. The van der Waals surface area contributed by atoms with Crippen molar-refractivity contribution in [3.63, 3.8) is 0 Å². The molecule has 6 nitrogen and oxygen atoms in total. The zero-order chi connectivity index (χ0) is 24.8. The summed E-state index contributed by atoms with van der Waals surface area (Å²) in [6.07, 6.45) is 0.653. The van der Waals surface area contributed by atoms with Crippen LogP contribution < -0.4 is 14.9 Å². The van der Waals surface area contributed by atoms with Crippen LogP contribution in [0.4, 0.5) is 0 Å². The van der Waals surface area contributed by atoms with Gasteiger partial charge in [-0.25, -0.2) is 10.2 Å². The van der Waals surface area contributed by atoms with Crippen molar-refractivity contribution in [2.75, 3.05) is 0 Å². The number of ether oxygens (including phenoxy) is 2. The highest BCUT2D eigenvalue weighted by Crippen LogP contribution is 2.24. The third-order valence-electron chi connectivity index (χ3n) is 5.32. The highest BCUT2D eigenvalue weighted by atomic mass is 79.9. The standard InChI is InChI=1S/C28H23BrN2O4/c1-18-7-3-6-10-25(18)28(33)35-26-14-12-23(29)15-22(26)17-30-31-27(32)19(2)34-24-13-11-20-8-4-5-9-21(20)16-24/h3-17,19H,1-2H3,(H,31,32)/b30-17-/t19-/m1/s1. The molecule has 0 spiro atoms. The molecular weight excluding hydrogens is 508 g/mol. The Balaban J connectivity index is 1.41. The summed E-state index contributed by atoms with van der Waals surface area (Å²) in [6.45, 7) is 3.49. The van der Waals surface area contributed by atoms with E-state index in [1.165, 1.54) is 6.21 Å². The van der Waals surface area contributed by atoms with Crippen molar-refractivity contribution >= 4 is 44.8 Å². The van der Waals surface area contributed by atoms with Crippen molar-refractivity contribution < 1.29 is 19.1 Å². The van der Waals surface area contributed by atoms with Crippen LogP contribution in [0.15, 0.2) is 94.5 Å². The Bertz CT molecular complexity index is 1420. The van der Waals surface area contributed by atoms with Gasteiger partial charge in [-0.2, -0.15) is 5.10 Å². The smallest absolute Gasteiger partial charge is 0.343 e. The summed E-state index contributed by atoms with van der Waals surface area (Å²) in [4.78, 5) is 25.1. The Labute approximate surface area is 211 Å². The maximum absolute atomic E-state index is 12.6. The number of hydrogen-bond acceptors (Lipinski definition) is 5. The number of halogens is 1. The predicted molar refractivity (Wildman–Crippen MR) is 140 cm³/mol. The Morgan fingerprint density at radius 3 is 2.49 bits per heavy atom. The monoisotopic (exact) mass is 530 g/mol. The second-order valence-corrected chi connectivity index (χ2v) is 8.81. The number of aryl methyl sites for hydroxylation is 1. The number of nitrogens with zero attached hydrogens (tertiary/aromatic N) is 1. The number of carbonyl (C=O) groups is 2. The molecule has 0 radical (unpaired) electrons. The van der Waals surface area contributed by atoms with Gasteiger partial charge in [-0.05, 0) is 66.6 Å². The van der Waals surface area contributed by atoms with Gasteiger partial charge < -0.3 is 9.47 Å². The van der Waals surface area contributed by atoms with E-state index < -0.39 is 18.0 Å². The Morgan fingerprint density at radius 1 is 0.943 bits per heavy atom. The van der Waals surface area contributed by atoms with E-state index in [0.29, 0.717) is 22.6 Å². The summed E-state index contributed by atoms with van der Waals surface area (Å²) in [5.74, 6) is 0.0250. The number of carbonyl (C=O) groups excluding carboxylic acids is 2. The molecule has 0 unspecified atom stereocenters. The minimum atomic E-state index is -0.769. The van der Waals surface area contributed by atoms with Crippen LogP contribution in [0.2, 0.25) is 0 Å². The van der Waals surface area contributed by atoms with E-state index in [1.54, 1.807) is 37.3 Å². The number of benzene rings is 4. The molecule has 0 bridgehead atoms. The number of nitrogens with one attached hydrogen (secondary N) is 1. The van der Waals surface area contributed by atoms with E-state index in [9.17, 15) is 9.59 Å². The fourth-order valence-electron chi connectivity index (χ4n) is 3.42. The summed E-state index contributed by atoms with van der Waals surface area (Å²) >= 11 is 3.41. The van der Waals surface area contributed by atoms with Crippen molar-refractivity contribution in [1.29, 1.82) is 0 Å². The fourth-order valence-corrected chi connectivity index (χ4v) is 3.80. The second kappa shape index (κ2) is 11.0. The van der Waals surface area contributed by atoms with Crippen LogP contribution in [0.5, 0.6) is 11.5 Å². The van der Waals surface area contributed by atoms with E-state index in [1.807, 2.05) is 61.5 Å². The summed E-state index contributed by atoms with van der Waals surface area (Å²) < 4.78 is 12.2. The maximum Gasteiger partial charge on any atom is 0.343 e. The quantitative estimate of drug-likeness (QED) is 0.136. The molecule has 4 rings (SSSR count). The first kappa shape index (κ1) is 24.2. The van der Waals surface area contributed by atoms with Crippen LogP contribution in [0, 0.1) is 6.92 Å². The van der Waals surface area contributed by atoms with E-state index >= 15 is 0 Å². The normalized spacial score (nSPS) is 11.9. The Morgan fingerprint density at radius 2 is 1.69 bits per heavy atom. The van der Waals surface area contributed by atoms with Crippen molar-refractivity contribution in [3.05, 3.63) is 106 Å². The second-order valence-electron chi connectivity index (χ2n) is 7.89. The minimum Gasteiger partial charge on any atom is -0.481 e. The molecule has 0 aliphatic heterocycles. The highest BCUT2D eigenvalue weighted by Gasteiger charge is 2.15. The van der Waals surface area contributed by atoms with E-state index in [2.05, 4.69) is 26.5 Å². The van der Waals surface area contributed by atoms with Crippen LogP contribution in [0.25, 0.3) is 10.8 Å². The van der Waals surface area contributed by atoms with Crippen LogP contribution in [0.3, 0.4) is 0 Å². The molecule has 4 aromatic carbocycles. The topological polar surface area (TPSA) is 77.0 Å². The first-order valence-electron chi connectivity index (χ1n) is 11.0. The van der Waals surface area contributed by atoms with Gasteiger partial charge in [0.1, 0.15) is 11.5 Å². The summed E-state index contributed by atoms with van der Waals surface area (Å²) in [6, 6.07) is 25.9. The SMILES string of the molecule is Cc1ccccc1C(=O)Oc1ccc(Br)cc1/C=N\NC(=O)[C@@H](C)Oc1ccc2ccccc2c1. The van der Waals surface area contributed by atoms with E-state index in [-0.39, 0.29) is 0 Å². The number of esters is 1. The zero-order valence-corrected chi connectivity index (χ0v) is 20.8. The van der Waals surface area contributed by atoms with Gasteiger partial charge in [-0.3, -0.25) is 4.79 Å². The number of fused-ring (bicyclic) bond motifs is 1. The molecule has 0 aliphatic carbocycles. The van der Waals surface area contributed by atoms with E-state index in [4.69, 9.17) is 9.47 Å². The third-order valence-corrected chi connectivity index (χ3v) is 5.81. The number of hydrogen-bond donors (Lipinski definition) is 1. The molecule has 0 heterocycles. The van der Waals surface area contributed by atoms with Gasteiger partial charge in [0, 0.05) is 10.0 Å². The van der Waals surface area contributed by atoms with Crippen LogP contribution in [-0.2, 0) is 4.79 Å². The van der Waals surface area contributed by atoms with Gasteiger partial charge in [0.15, 0.2) is 6.10 Å². The van der Waals surface area contributed by atoms with Gasteiger partial charge in [-0.1, -0.05) is 64.5 Å². The predicted octanol–water partition coefficient (Wildman–Crippen LogP) is 6.05. The number of hydrazone groups is 1. The lowest BCUT2D eigenvalue weighted by atomic mass is 10.1. The molecule has 0 saturated carbocycles. The molecule has 176 valence electrons. The fraction of sp³-hybridized carbons (Fsp3) is 0.107. The van der Waals surface area contributed by atoms with Crippen molar-refractivity contribution in [2.24, 2.45) is 5.10 Å². The minimum absolute atomic E-state index is 0.319. The lowest BCUT2D eigenvalue weighted by molar-refractivity contribution is -0.127. The van der Waals surface area contributed by atoms with E-state index in [0.717, 1.165) is 20.8 Å². The first-order chi connectivity index (χ1) is 16.9. The molecule has 0 fully saturated rings. The van der Waals surface area contributed by atoms with Crippen LogP contribution in [-0.4, -0.2) is 24.2 Å². The third kappa shape index (κ3) is 6.13. The van der Waals surface area contributed by atoms with Gasteiger partial charge in [0.2, 0.25) is 0 Å². The average molecular weight is 531 g/mol. The average Bonchev–Trinajstić information content (AvgIpc) is 2.85. The summed E-state index contributed by atoms with van der Waals surface area (Å²) in [5.41, 5.74) is 4.29. The van der Waals surface area contributed by atoms with Gasteiger partial charge in [0.25, 0.3) is 5.91 Å². The molecule has 1 N–H and O–H groups in total. The molecular formula is C28H23BrN2O4. The Hall–Kier alpha value is -3.97. The largest absolute Gasteiger partial charge is 0.481 e. The number of rotatable bonds is 7. The van der Waals surface area contributed by atoms with Crippen molar-refractivity contribution in [1.82, 2.24) is 5.43 Å². The molecule has 0 saturated heterocycles. The van der Waals surface area contributed by atoms with Crippen LogP contribution >= 0.6 is 15.9 Å². The highest BCUT2D eigenvalue weighted by molar-refractivity contribution is 9.10. The summed E-state index contributed by atoms with van der Waals surface area (Å²) in [7, 11) is 0. The molecule has 0 aromatic heterocycles. The molecule has 1 amide bonds. The first-order valence-corrected chi connectivity index (χ1v) is 11.8. The Kier molecular flexibility index (Phi) is 7.57. The zero-order valence-electron chi connectivity index (χ0n) is 19.2. The molecule has 4 aromatic rings. The molecule has 35 heavy (non-hydrogen) atoms. The van der Waals surface area contributed by atoms with Crippen molar-refractivity contribution in [3.8, 4) is 11.5 Å².